The van der Waals surface area contributed by atoms with Crippen molar-refractivity contribution in [1.82, 2.24) is 15.0 Å². The zero-order chi connectivity index (χ0) is 22.4. The van der Waals surface area contributed by atoms with Gasteiger partial charge >= 0.3 is 6.11 Å². The first kappa shape index (κ1) is 21.9. The van der Waals surface area contributed by atoms with E-state index in [2.05, 4.69) is 19.7 Å². The van der Waals surface area contributed by atoms with Crippen molar-refractivity contribution in [3.05, 3.63) is 59.5 Å². The Morgan fingerprint density at radius 3 is 2.52 bits per heavy atom. The molecule has 0 radical (unpaired) electrons. The monoisotopic (exact) mass is 440 g/mol. The van der Waals surface area contributed by atoms with Crippen LogP contribution in [0.1, 0.15) is 16.7 Å². The molecule has 0 aliphatic heterocycles. The van der Waals surface area contributed by atoms with E-state index in [-0.39, 0.29) is 34.0 Å². The summed E-state index contributed by atoms with van der Waals surface area (Å²) in [5.41, 5.74) is 7.18. The van der Waals surface area contributed by atoms with Crippen molar-refractivity contribution in [1.29, 1.82) is 10.5 Å². The Balaban J connectivity index is 2.01. The minimum atomic E-state index is -3.77. The summed E-state index contributed by atoms with van der Waals surface area (Å²) >= 11 is 1.24. The lowest BCUT2D eigenvalue weighted by Gasteiger charge is -2.16. The number of nitrogens with two attached hydrogens (primary N) is 1. The molecule has 156 valence electrons. The Kier molecular flexibility index (Phi) is 6.60. The lowest BCUT2D eigenvalue weighted by atomic mass is 10.0. The summed E-state index contributed by atoms with van der Waals surface area (Å²) in [6.45, 7) is -1.50. The molecule has 0 fully saturated rings. The lowest BCUT2D eigenvalue weighted by Crippen LogP contribution is -2.29. The molecular weight excluding hydrogens is 426 g/mol. The van der Waals surface area contributed by atoms with Crippen LogP contribution in [0.5, 0.6) is 5.75 Å². The van der Waals surface area contributed by atoms with E-state index in [1.165, 1.54) is 23.9 Å². The van der Waals surface area contributed by atoms with Crippen LogP contribution in [0.15, 0.2) is 47.9 Å². The molecule has 0 saturated carbocycles. The van der Waals surface area contributed by atoms with Gasteiger partial charge in [0, 0.05) is 23.7 Å². The number of nitrogen functional groups attached to an aromatic ring is 1. The van der Waals surface area contributed by atoms with Gasteiger partial charge in [-0.25, -0.2) is 4.98 Å². The predicted octanol–water partition coefficient (Wildman–Crippen LogP) is 3.12. The summed E-state index contributed by atoms with van der Waals surface area (Å²) < 4.78 is 30.8. The number of rotatable bonds is 7. The average molecular weight is 440 g/mol. The maximum absolute atomic E-state index is 13.2. The van der Waals surface area contributed by atoms with E-state index in [9.17, 15) is 19.3 Å². The number of alkyl halides is 2. The van der Waals surface area contributed by atoms with E-state index in [1.54, 1.807) is 18.5 Å². The van der Waals surface area contributed by atoms with Crippen molar-refractivity contribution in [3.8, 4) is 29.1 Å². The third-order valence-electron chi connectivity index (χ3n) is 3.96. The van der Waals surface area contributed by atoms with Gasteiger partial charge in [0.05, 0.1) is 17.5 Å². The second-order valence-electron chi connectivity index (χ2n) is 6.08. The number of anilines is 1. The molecule has 0 saturated heterocycles. The number of pyridine rings is 3. The molecular formula is C20H14F2N6O2S. The molecule has 3 N–H and O–H groups in total. The Labute approximate surface area is 180 Å². The van der Waals surface area contributed by atoms with E-state index in [4.69, 9.17) is 10.8 Å². The largest absolute Gasteiger partial charge is 0.429 e. The molecule has 3 aromatic heterocycles. The molecule has 0 unspecified atom stereocenters. The molecule has 31 heavy (non-hydrogen) atoms. The van der Waals surface area contributed by atoms with Crippen LogP contribution < -0.4 is 10.5 Å². The highest BCUT2D eigenvalue weighted by molar-refractivity contribution is 7.98. The van der Waals surface area contributed by atoms with E-state index < -0.39 is 12.7 Å². The van der Waals surface area contributed by atoms with Crippen molar-refractivity contribution in [2.24, 2.45) is 0 Å². The van der Waals surface area contributed by atoms with Crippen LogP contribution in [-0.2, 0) is 5.75 Å². The Morgan fingerprint density at radius 2 is 1.94 bits per heavy atom. The first-order valence-corrected chi connectivity index (χ1v) is 9.66. The number of thioether (sulfide) groups is 1. The maximum Gasteiger partial charge on any atom is 0.421 e. The highest BCUT2D eigenvalue weighted by Crippen LogP contribution is 2.36. The van der Waals surface area contributed by atoms with Crippen LogP contribution in [0, 0.1) is 22.7 Å². The van der Waals surface area contributed by atoms with Gasteiger partial charge in [0.25, 0.3) is 0 Å². The number of ether oxygens (including phenoxy) is 1. The minimum absolute atomic E-state index is 0.0517. The zero-order valence-electron chi connectivity index (χ0n) is 15.8. The molecule has 0 aliphatic carbocycles. The summed E-state index contributed by atoms with van der Waals surface area (Å²) in [5.74, 6) is 0.0728. The van der Waals surface area contributed by atoms with Crippen LogP contribution in [0.2, 0.25) is 0 Å². The van der Waals surface area contributed by atoms with Gasteiger partial charge < -0.3 is 15.6 Å². The highest BCUT2D eigenvalue weighted by Gasteiger charge is 2.30. The molecule has 3 rings (SSSR count). The number of aromatic nitrogens is 3. The zero-order valence-corrected chi connectivity index (χ0v) is 16.6. The van der Waals surface area contributed by atoms with Crippen LogP contribution in [-0.4, -0.2) is 32.8 Å². The number of aliphatic hydroxyl groups is 1. The minimum Gasteiger partial charge on any atom is -0.429 e. The second-order valence-corrected chi connectivity index (χ2v) is 7.04. The Morgan fingerprint density at radius 1 is 1.16 bits per heavy atom. The number of nitriles is 2. The summed E-state index contributed by atoms with van der Waals surface area (Å²) in [7, 11) is 0. The van der Waals surface area contributed by atoms with Crippen LogP contribution >= 0.6 is 11.8 Å². The SMILES string of the molecule is N#Cc1c(N)nc(SCc2cccnc2)c(C#N)c1-c1ccc(OC(F)(F)CO)cn1. The van der Waals surface area contributed by atoms with E-state index in [1.807, 2.05) is 18.2 Å². The van der Waals surface area contributed by atoms with Crippen molar-refractivity contribution in [2.75, 3.05) is 12.3 Å². The summed E-state index contributed by atoms with van der Waals surface area (Å²) in [6, 6.07) is 10.1. The number of halogens is 2. The lowest BCUT2D eigenvalue weighted by molar-refractivity contribution is -0.201. The summed E-state index contributed by atoms with van der Waals surface area (Å²) in [6.07, 6.45) is 0.548. The third kappa shape index (κ3) is 5.04. The highest BCUT2D eigenvalue weighted by atomic mass is 32.2. The van der Waals surface area contributed by atoms with Crippen LogP contribution in [0.3, 0.4) is 0 Å². The van der Waals surface area contributed by atoms with Crippen molar-refractivity contribution < 1.29 is 18.6 Å². The fourth-order valence-corrected chi connectivity index (χ4v) is 3.52. The first-order chi connectivity index (χ1) is 14.9. The normalized spacial score (nSPS) is 10.9. The van der Waals surface area contributed by atoms with E-state index >= 15 is 0 Å². The average Bonchev–Trinajstić information content (AvgIpc) is 2.78. The molecule has 0 aliphatic rings. The van der Waals surface area contributed by atoms with E-state index in [0.717, 1.165) is 11.8 Å². The molecule has 8 nitrogen and oxygen atoms in total. The predicted molar refractivity (Wildman–Crippen MR) is 108 cm³/mol. The molecule has 0 amide bonds. The number of nitrogens with zero attached hydrogens (tertiary/aromatic N) is 5. The fraction of sp³-hybridized carbons (Fsp3) is 0.150. The molecule has 0 atom stereocenters. The molecule has 3 heterocycles. The maximum atomic E-state index is 13.2. The van der Waals surface area contributed by atoms with Crippen LogP contribution in [0.4, 0.5) is 14.6 Å². The van der Waals surface area contributed by atoms with Gasteiger partial charge in [0.15, 0.2) is 0 Å². The Hall–Kier alpha value is -3.80. The van der Waals surface area contributed by atoms with E-state index in [0.29, 0.717) is 10.8 Å². The Bertz CT molecular complexity index is 1160. The van der Waals surface area contributed by atoms with Gasteiger partial charge in [-0.3, -0.25) is 9.97 Å². The second kappa shape index (κ2) is 9.34. The topological polar surface area (TPSA) is 142 Å². The smallest absolute Gasteiger partial charge is 0.421 e. The van der Waals surface area contributed by atoms with Crippen molar-refractivity contribution in [3.63, 3.8) is 0 Å². The van der Waals surface area contributed by atoms with Gasteiger partial charge in [0.2, 0.25) is 0 Å². The van der Waals surface area contributed by atoms with Gasteiger partial charge in [-0.1, -0.05) is 6.07 Å². The van der Waals surface area contributed by atoms with Crippen LogP contribution in [0.25, 0.3) is 11.3 Å². The van der Waals surface area contributed by atoms with Gasteiger partial charge in [0.1, 0.15) is 40.9 Å². The first-order valence-electron chi connectivity index (χ1n) is 8.68. The summed E-state index contributed by atoms with van der Waals surface area (Å²) in [4.78, 5) is 12.3. The molecule has 3 aromatic rings. The van der Waals surface area contributed by atoms with Gasteiger partial charge in [-0.2, -0.15) is 19.3 Å². The standard InChI is InChI=1S/C20H14F2N6O2S/c21-20(22,11-29)30-13-3-4-16(27-9-13)17-14(6-23)18(25)28-19(15(17)7-24)31-10-12-2-1-5-26-8-12/h1-5,8-9,29H,10-11H2,(H2,25,28). The van der Waals surface area contributed by atoms with Crippen molar-refractivity contribution in [2.45, 2.75) is 16.9 Å². The molecule has 0 aromatic carbocycles. The fourth-order valence-electron chi connectivity index (χ4n) is 2.59. The van der Waals surface area contributed by atoms with Gasteiger partial charge in [-0.15, -0.1) is 11.8 Å². The third-order valence-corrected chi connectivity index (χ3v) is 5.00. The van der Waals surface area contributed by atoms with Crippen molar-refractivity contribution >= 4 is 17.6 Å². The molecule has 0 bridgehead atoms. The quantitative estimate of drug-likeness (QED) is 0.530. The number of hydrogen-bond donors (Lipinski definition) is 2. The number of aliphatic hydroxyl groups excluding tert-OH is 1. The number of hydrogen-bond acceptors (Lipinski definition) is 9. The molecule has 11 heteroatoms. The summed E-state index contributed by atoms with van der Waals surface area (Å²) in [5, 5.41) is 28.2. The van der Waals surface area contributed by atoms with Gasteiger partial charge in [-0.05, 0) is 23.8 Å². The molecule has 0 spiro atoms.